The Morgan fingerprint density at radius 2 is 2.12 bits per heavy atom. The SMILES string of the molecule is CC(C)c1cnc2c(c1)N(S(C)(=O)=O)CC2. The summed E-state index contributed by atoms with van der Waals surface area (Å²) in [6.07, 6.45) is 3.79. The van der Waals surface area contributed by atoms with E-state index in [2.05, 4.69) is 18.8 Å². The van der Waals surface area contributed by atoms with E-state index in [9.17, 15) is 8.42 Å². The molecule has 88 valence electrons. The van der Waals surface area contributed by atoms with Crippen LogP contribution < -0.4 is 4.31 Å². The Bertz CT molecular complexity index is 509. The fourth-order valence-corrected chi connectivity index (χ4v) is 2.83. The minimum atomic E-state index is -3.17. The highest BCUT2D eigenvalue weighted by Crippen LogP contribution is 2.30. The number of anilines is 1. The second-order valence-electron chi connectivity index (χ2n) is 4.47. The van der Waals surface area contributed by atoms with Gasteiger partial charge < -0.3 is 0 Å². The molecule has 0 unspecified atom stereocenters. The largest absolute Gasteiger partial charge is 0.268 e. The van der Waals surface area contributed by atoms with Crippen molar-refractivity contribution in [1.29, 1.82) is 0 Å². The summed E-state index contributed by atoms with van der Waals surface area (Å²) in [6, 6.07) is 1.95. The molecule has 0 aromatic carbocycles. The van der Waals surface area contributed by atoms with E-state index >= 15 is 0 Å². The van der Waals surface area contributed by atoms with E-state index in [1.807, 2.05) is 12.3 Å². The van der Waals surface area contributed by atoms with Crippen LogP contribution in [-0.2, 0) is 16.4 Å². The minimum Gasteiger partial charge on any atom is -0.268 e. The van der Waals surface area contributed by atoms with Crippen molar-refractivity contribution >= 4 is 15.7 Å². The summed E-state index contributed by atoms with van der Waals surface area (Å²) in [5.41, 5.74) is 2.72. The highest BCUT2D eigenvalue weighted by Gasteiger charge is 2.27. The first-order chi connectivity index (χ1) is 7.39. The quantitative estimate of drug-likeness (QED) is 0.787. The Balaban J connectivity index is 2.49. The number of rotatable bonds is 2. The van der Waals surface area contributed by atoms with E-state index in [1.54, 1.807) is 0 Å². The first kappa shape index (κ1) is 11.4. The summed E-state index contributed by atoms with van der Waals surface area (Å²) in [4.78, 5) is 4.34. The van der Waals surface area contributed by atoms with Crippen LogP contribution in [0.1, 0.15) is 31.0 Å². The van der Waals surface area contributed by atoms with E-state index in [0.29, 0.717) is 18.9 Å². The third-order valence-electron chi connectivity index (χ3n) is 2.86. The number of fused-ring (bicyclic) bond motifs is 1. The average molecular weight is 240 g/mol. The van der Waals surface area contributed by atoms with Crippen LogP contribution in [0, 0.1) is 0 Å². The molecule has 2 rings (SSSR count). The molecule has 16 heavy (non-hydrogen) atoms. The van der Waals surface area contributed by atoms with E-state index < -0.39 is 10.0 Å². The molecular weight excluding hydrogens is 224 g/mol. The van der Waals surface area contributed by atoms with E-state index in [-0.39, 0.29) is 0 Å². The van der Waals surface area contributed by atoms with Gasteiger partial charge in [0.05, 0.1) is 17.6 Å². The monoisotopic (exact) mass is 240 g/mol. The van der Waals surface area contributed by atoms with Gasteiger partial charge in [0.25, 0.3) is 0 Å². The maximum absolute atomic E-state index is 11.6. The second-order valence-corrected chi connectivity index (χ2v) is 6.38. The Morgan fingerprint density at radius 1 is 1.44 bits per heavy atom. The molecule has 1 aliphatic rings. The molecule has 5 heteroatoms. The van der Waals surface area contributed by atoms with Crippen molar-refractivity contribution in [2.75, 3.05) is 17.1 Å². The Morgan fingerprint density at radius 3 is 2.69 bits per heavy atom. The molecule has 0 atom stereocenters. The topological polar surface area (TPSA) is 50.3 Å². The number of nitrogens with zero attached hydrogens (tertiary/aromatic N) is 2. The molecule has 0 spiro atoms. The van der Waals surface area contributed by atoms with Gasteiger partial charge >= 0.3 is 0 Å². The molecule has 1 aromatic heterocycles. The first-order valence-electron chi connectivity index (χ1n) is 5.36. The number of hydrogen-bond acceptors (Lipinski definition) is 3. The van der Waals surface area contributed by atoms with Crippen LogP contribution in [0.15, 0.2) is 12.3 Å². The molecule has 0 bridgehead atoms. The summed E-state index contributed by atoms with van der Waals surface area (Å²) in [6.45, 7) is 4.66. The van der Waals surface area contributed by atoms with Gasteiger partial charge in [-0.25, -0.2) is 8.42 Å². The fraction of sp³-hybridized carbons (Fsp3) is 0.545. The van der Waals surface area contributed by atoms with E-state index in [1.165, 1.54) is 10.6 Å². The summed E-state index contributed by atoms with van der Waals surface area (Å²) in [7, 11) is -3.17. The van der Waals surface area contributed by atoms with Crippen molar-refractivity contribution in [3.8, 4) is 0 Å². The Kier molecular flexibility index (Phi) is 2.66. The zero-order chi connectivity index (χ0) is 11.9. The van der Waals surface area contributed by atoms with E-state index in [0.717, 1.165) is 16.9 Å². The normalized spacial score (nSPS) is 15.6. The number of aromatic nitrogens is 1. The predicted molar refractivity (Wildman–Crippen MR) is 64.2 cm³/mol. The maximum atomic E-state index is 11.6. The number of hydrogen-bond donors (Lipinski definition) is 0. The molecule has 1 aromatic rings. The van der Waals surface area contributed by atoms with Crippen LogP contribution in [0.4, 0.5) is 5.69 Å². The molecule has 0 saturated heterocycles. The van der Waals surface area contributed by atoms with Crippen LogP contribution >= 0.6 is 0 Å². The van der Waals surface area contributed by atoms with Crippen molar-refractivity contribution in [2.24, 2.45) is 0 Å². The van der Waals surface area contributed by atoms with E-state index in [4.69, 9.17) is 0 Å². The third-order valence-corrected chi connectivity index (χ3v) is 4.04. The highest BCUT2D eigenvalue weighted by atomic mass is 32.2. The fourth-order valence-electron chi connectivity index (χ4n) is 1.89. The van der Waals surface area contributed by atoms with Gasteiger partial charge in [-0.15, -0.1) is 0 Å². The van der Waals surface area contributed by atoms with Gasteiger partial charge in [-0.2, -0.15) is 0 Å². The van der Waals surface area contributed by atoms with Gasteiger partial charge in [-0.3, -0.25) is 9.29 Å². The molecular formula is C11H16N2O2S. The molecule has 2 heterocycles. The predicted octanol–water partition coefficient (Wildman–Crippen LogP) is 1.53. The minimum absolute atomic E-state index is 0.361. The van der Waals surface area contributed by atoms with Gasteiger partial charge in [0.2, 0.25) is 10.0 Å². The van der Waals surface area contributed by atoms with Crippen LogP contribution in [0.3, 0.4) is 0 Å². The lowest BCUT2D eigenvalue weighted by Gasteiger charge is -2.17. The molecule has 4 nitrogen and oxygen atoms in total. The van der Waals surface area contributed by atoms with Crippen LogP contribution in [-0.4, -0.2) is 26.2 Å². The molecule has 0 fully saturated rings. The smallest absolute Gasteiger partial charge is 0.232 e. The van der Waals surface area contributed by atoms with Gasteiger partial charge in [-0.05, 0) is 17.5 Å². The first-order valence-corrected chi connectivity index (χ1v) is 7.21. The van der Waals surface area contributed by atoms with Crippen LogP contribution in [0.5, 0.6) is 0 Å². The number of sulfonamides is 1. The maximum Gasteiger partial charge on any atom is 0.232 e. The van der Waals surface area contributed by atoms with Crippen molar-refractivity contribution < 1.29 is 8.42 Å². The van der Waals surface area contributed by atoms with Gasteiger partial charge in [0.1, 0.15) is 0 Å². The Labute approximate surface area is 96.4 Å². The Hall–Kier alpha value is -1.10. The van der Waals surface area contributed by atoms with Crippen molar-refractivity contribution in [2.45, 2.75) is 26.2 Å². The van der Waals surface area contributed by atoms with Gasteiger partial charge in [0.15, 0.2) is 0 Å². The summed E-state index contributed by atoms with van der Waals surface area (Å²) >= 11 is 0. The summed E-state index contributed by atoms with van der Waals surface area (Å²) < 4.78 is 24.6. The zero-order valence-electron chi connectivity index (χ0n) is 9.77. The second kappa shape index (κ2) is 3.73. The highest BCUT2D eigenvalue weighted by molar-refractivity contribution is 7.92. The van der Waals surface area contributed by atoms with Gasteiger partial charge in [-0.1, -0.05) is 13.8 Å². The molecule has 0 radical (unpaired) electrons. The molecule has 0 N–H and O–H groups in total. The standard InChI is InChI=1S/C11H16N2O2S/c1-8(2)9-6-11-10(12-7-9)4-5-13(11)16(3,14)15/h6-8H,4-5H2,1-3H3. The van der Waals surface area contributed by atoms with Gasteiger partial charge in [0, 0.05) is 19.2 Å². The molecule has 1 aliphatic heterocycles. The average Bonchev–Trinajstić information content (AvgIpc) is 2.58. The number of pyridine rings is 1. The summed E-state index contributed by atoms with van der Waals surface area (Å²) in [5.74, 6) is 0.361. The third kappa shape index (κ3) is 1.91. The van der Waals surface area contributed by atoms with Crippen molar-refractivity contribution in [1.82, 2.24) is 4.98 Å². The van der Waals surface area contributed by atoms with Crippen LogP contribution in [0.25, 0.3) is 0 Å². The zero-order valence-corrected chi connectivity index (χ0v) is 10.6. The molecule has 0 aliphatic carbocycles. The lowest BCUT2D eigenvalue weighted by atomic mass is 10.1. The van der Waals surface area contributed by atoms with Crippen LogP contribution in [0.2, 0.25) is 0 Å². The van der Waals surface area contributed by atoms with Crippen molar-refractivity contribution in [3.05, 3.63) is 23.5 Å². The van der Waals surface area contributed by atoms with Crippen molar-refractivity contribution in [3.63, 3.8) is 0 Å². The lowest BCUT2D eigenvalue weighted by molar-refractivity contribution is 0.598. The molecule has 0 saturated carbocycles. The molecule has 0 amide bonds. The summed E-state index contributed by atoms with van der Waals surface area (Å²) in [5, 5.41) is 0. The lowest BCUT2D eigenvalue weighted by Crippen LogP contribution is -2.27.